The molecule has 1 amide bonds. The highest BCUT2D eigenvalue weighted by molar-refractivity contribution is 5.95. The lowest BCUT2D eigenvalue weighted by atomic mass is 10.1. The molecule has 2 N–H and O–H groups in total. The highest BCUT2D eigenvalue weighted by atomic mass is 16.3. The minimum atomic E-state index is -0.0255. The molecule has 0 aliphatic rings. The molecule has 4 heteroatoms. The van der Waals surface area contributed by atoms with Crippen LogP contribution in [0.3, 0.4) is 0 Å². The predicted octanol–water partition coefficient (Wildman–Crippen LogP) is 2.57. The van der Waals surface area contributed by atoms with Crippen LogP contribution in [0.25, 0.3) is 0 Å². The minimum Gasteiger partial charge on any atom is -0.469 e. The average Bonchev–Trinajstić information content (AvgIpc) is 2.95. The zero-order valence-corrected chi connectivity index (χ0v) is 11.9. The Bertz CT molecular complexity index is 590. The fourth-order valence-electron chi connectivity index (χ4n) is 2.25. The van der Waals surface area contributed by atoms with Crippen LogP contribution in [0.5, 0.6) is 0 Å². The van der Waals surface area contributed by atoms with Gasteiger partial charge in [-0.15, -0.1) is 0 Å². The SMILES string of the molecule is CCc1occc1C(=O)N(C)Cc1ccccc1CN. The van der Waals surface area contributed by atoms with Crippen molar-refractivity contribution >= 4 is 5.91 Å². The zero-order chi connectivity index (χ0) is 14.5. The Kier molecular flexibility index (Phi) is 4.58. The maximum absolute atomic E-state index is 12.4. The second-order valence-electron chi connectivity index (χ2n) is 4.75. The van der Waals surface area contributed by atoms with Crippen molar-refractivity contribution in [2.45, 2.75) is 26.4 Å². The maximum atomic E-state index is 12.4. The summed E-state index contributed by atoms with van der Waals surface area (Å²) < 4.78 is 5.31. The summed E-state index contributed by atoms with van der Waals surface area (Å²) in [5.41, 5.74) is 8.50. The van der Waals surface area contributed by atoms with Crippen LogP contribution >= 0.6 is 0 Å². The summed E-state index contributed by atoms with van der Waals surface area (Å²) in [7, 11) is 1.79. The van der Waals surface area contributed by atoms with Crippen molar-refractivity contribution in [3.8, 4) is 0 Å². The van der Waals surface area contributed by atoms with Crippen LogP contribution in [0.15, 0.2) is 41.0 Å². The molecule has 1 heterocycles. The summed E-state index contributed by atoms with van der Waals surface area (Å²) in [6.45, 7) is 2.99. The van der Waals surface area contributed by atoms with E-state index < -0.39 is 0 Å². The molecule has 0 atom stereocenters. The van der Waals surface area contributed by atoms with Gasteiger partial charge in [-0.1, -0.05) is 31.2 Å². The molecule has 0 unspecified atom stereocenters. The average molecular weight is 272 g/mol. The number of aryl methyl sites for hydroxylation is 1. The van der Waals surface area contributed by atoms with E-state index in [-0.39, 0.29) is 5.91 Å². The second-order valence-corrected chi connectivity index (χ2v) is 4.75. The van der Waals surface area contributed by atoms with E-state index in [2.05, 4.69) is 0 Å². The smallest absolute Gasteiger partial charge is 0.257 e. The lowest BCUT2D eigenvalue weighted by molar-refractivity contribution is 0.0782. The lowest BCUT2D eigenvalue weighted by Crippen LogP contribution is -2.27. The fraction of sp³-hybridized carbons (Fsp3) is 0.312. The molecule has 0 spiro atoms. The predicted molar refractivity (Wildman–Crippen MR) is 78.2 cm³/mol. The number of carbonyl (C=O) groups excluding carboxylic acids is 1. The van der Waals surface area contributed by atoms with Gasteiger partial charge in [0.05, 0.1) is 11.8 Å². The Balaban J connectivity index is 2.16. The van der Waals surface area contributed by atoms with E-state index in [0.717, 1.165) is 16.9 Å². The molecule has 106 valence electrons. The van der Waals surface area contributed by atoms with Crippen molar-refractivity contribution < 1.29 is 9.21 Å². The Hall–Kier alpha value is -2.07. The van der Waals surface area contributed by atoms with Gasteiger partial charge in [0.25, 0.3) is 5.91 Å². The summed E-state index contributed by atoms with van der Waals surface area (Å²) in [4.78, 5) is 14.1. The molecule has 0 aliphatic carbocycles. The number of hydrogen-bond acceptors (Lipinski definition) is 3. The van der Waals surface area contributed by atoms with Crippen LogP contribution < -0.4 is 5.73 Å². The Morgan fingerprint density at radius 2 is 1.95 bits per heavy atom. The van der Waals surface area contributed by atoms with Gasteiger partial charge < -0.3 is 15.1 Å². The number of furan rings is 1. The van der Waals surface area contributed by atoms with Gasteiger partial charge in [0.2, 0.25) is 0 Å². The highest BCUT2D eigenvalue weighted by Crippen LogP contribution is 2.16. The number of hydrogen-bond donors (Lipinski definition) is 1. The van der Waals surface area contributed by atoms with E-state index in [9.17, 15) is 4.79 Å². The number of carbonyl (C=O) groups is 1. The van der Waals surface area contributed by atoms with Crippen LogP contribution in [0.1, 0.15) is 34.2 Å². The monoisotopic (exact) mass is 272 g/mol. The minimum absolute atomic E-state index is 0.0255. The molecule has 1 aromatic carbocycles. The van der Waals surface area contributed by atoms with Crippen molar-refractivity contribution in [1.29, 1.82) is 0 Å². The van der Waals surface area contributed by atoms with Gasteiger partial charge in [-0.05, 0) is 17.2 Å². The molecule has 0 saturated carbocycles. The molecular weight excluding hydrogens is 252 g/mol. The van der Waals surface area contributed by atoms with Crippen molar-refractivity contribution in [1.82, 2.24) is 4.90 Å². The van der Waals surface area contributed by atoms with Crippen LogP contribution in [0.2, 0.25) is 0 Å². The highest BCUT2D eigenvalue weighted by Gasteiger charge is 2.18. The number of rotatable bonds is 5. The molecule has 0 saturated heterocycles. The first-order valence-corrected chi connectivity index (χ1v) is 6.76. The van der Waals surface area contributed by atoms with Crippen molar-refractivity contribution in [2.24, 2.45) is 5.73 Å². The van der Waals surface area contributed by atoms with Crippen LogP contribution in [0.4, 0.5) is 0 Å². The van der Waals surface area contributed by atoms with Gasteiger partial charge in [-0.3, -0.25) is 4.79 Å². The van der Waals surface area contributed by atoms with E-state index in [1.807, 2.05) is 31.2 Å². The molecule has 0 fully saturated rings. The van der Waals surface area contributed by atoms with Crippen LogP contribution in [-0.4, -0.2) is 17.9 Å². The van der Waals surface area contributed by atoms with Crippen LogP contribution in [0, 0.1) is 0 Å². The Labute approximate surface area is 119 Å². The molecule has 0 bridgehead atoms. The van der Waals surface area contributed by atoms with Gasteiger partial charge in [0.15, 0.2) is 0 Å². The fourth-order valence-corrected chi connectivity index (χ4v) is 2.25. The first-order valence-electron chi connectivity index (χ1n) is 6.76. The topological polar surface area (TPSA) is 59.5 Å². The number of nitrogens with two attached hydrogens (primary N) is 1. The lowest BCUT2D eigenvalue weighted by Gasteiger charge is -2.19. The second kappa shape index (κ2) is 6.39. The number of amides is 1. The normalized spacial score (nSPS) is 10.6. The van der Waals surface area contributed by atoms with Gasteiger partial charge in [-0.25, -0.2) is 0 Å². The van der Waals surface area contributed by atoms with Gasteiger partial charge in [0, 0.05) is 26.6 Å². The Morgan fingerprint density at radius 3 is 2.60 bits per heavy atom. The molecular formula is C16H20N2O2. The van der Waals surface area contributed by atoms with Crippen molar-refractivity contribution in [2.75, 3.05) is 7.05 Å². The van der Waals surface area contributed by atoms with Crippen LogP contribution in [-0.2, 0) is 19.5 Å². The molecule has 0 aliphatic heterocycles. The third-order valence-electron chi connectivity index (χ3n) is 3.39. The summed E-state index contributed by atoms with van der Waals surface area (Å²) in [5, 5.41) is 0. The van der Waals surface area contributed by atoms with Gasteiger partial charge in [-0.2, -0.15) is 0 Å². The summed E-state index contributed by atoms with van der Waals surface area (Å²) >= 11 is 0. The van der Waals surface area contributed by atoms with Gasteiger partial charge in [0.1, 0.15) is 5.76 Å². The van der Waals surface area contributed by atoms with E-state index >= 15 is 0 Å². The zero-order valence-electron chi connectivity index (χ0n) is 11.9. The standard InChI is InChI=1S/C16H20N2O2/c1-3-15-14(8-9-20-15)16(19)18(2)11-13-7-5-4-6-12(13)10-17/h4-9H,3,10-11,17H2,1-2H3. The molecule has 1 aromatic heterocycles. The first kappa shape index (κ1) is 14.3. The number of benzene rings is 1. The van der Waals surface area contributed by atoms with Gasteiger partial charge >= 0.3 is 0 Å². The largest absolute Gasteiger partial charge is 0.469 e. The van der Waals surface area contributed by atoms with E-state index in [0.29, 0.717) is 25.1 Å². The van der Waals surface area contributed by atoms with E-state index in [1.54, 1.807) is 24.3 Å². The third-order valence-corrected chi connectivity index (χ3v) is 3.39. The van der Waals surface area contributed by atoms with E-state index in [1.165, 1.54) is 0 Å². The van der Waals surface area contributed by atoms with Crippen molar-refractivity contribution in [3.05, 3.63) is 59.0 Å². The summed E-state index contributed by atoms with van der Waals surface area (Å²) in [6.07, 6.45) is 2.27. The van der Waals surface area contributed by atoms with Crippen molar-refractivity contribution in [3.63, 3.8) is 0 Å². The molecule has 20 heavy (non-hydrogen) atoms. The maximum Gasteiger partial charge on any atom is 0.257 e. The summed E-state index contributed by atoms with van der Waals surface area (Å²) in [5.74, 6) is 0.705. The third kappa shape index (κ3) is 2.91. The molecule has 4 nitrogen and oxygen atoms in total. The molecule has 0 radical (unpaired) electrons. The summed E-state index contributed by atoms with van der Waals surface area (Å²) in [6, 6.07) is 9.64. The Morgan fingerprint density at radius 1 is 1.25 bits per heavy atom. The quantitative estimate of drug-likeness (QED) is 0.910. The molecule has 2 aromatic rings. The first-order chi connectivity index (χ1) is 9.67. The number of nitrogens with zero attached hydrogens (tertiary/aromatic N) is 1. The molecule has 2 rings (SSSR count). The van der Waals surface area contributed by atoms with E-state index in [4.69, 9.17) is 10.2 Å².